The first-order valence-corrected chi connectivity index (χ1v) is 6.42. The van der Waals surface area contributed by atoms with Gasteiger partial charge in [-0.1, -0.05) is 30.3 Å². The smallest absolute Gasteiger partial charge is 0.245 e. The lowest BCUT2D eigenvalue weighted by Gasteiger charge is -2.12. The maximum absolute atomic E-state index is 12.1. The molecule has 0 aliphatic carbocycles. The van der Waals surface area contributed by atoms with Gasteiger partial charge in [0.05, 0.1) is 0 Å². The molecule has 2 aromatic carbocycles. The van der Waals surface area contributed by atoms with E-state index in [1.807, 2.05) is 36.4 Å². The summed E-state index contributed by atoms with van der Waals surface area (Å²) in [5, 5.41) is 11.2. The third-order valence-electron chi connectivity index (χ3n) is 2.87. The van der Waals surface area contributed by atoms with E-state index in [2.05, 4.69) is 5.32 Å². The van der Waals surface area contributed by atoms with Gasteiger partial charge in [0.2, 0.25) is 5.91 Å². The Morgan fingerprint density at radius 3 is 2.48 bits per heavy atom. The summed E-state index contributed by atoms with van der Waals surface area (Å²) in [4.78, 5) is 12.1. The first kappa shape index (κ1) is 14.6. The van der Waals surface area contributed by atoms with Gasteiger partial charge in [-0.05, 0) is 29.8 Å². The van der Waals surface area contributed by atoms with Crippen molar-refractivity contribution in [3.63, 3.8) is 0 Å². The van der Waals surface area contributed by atoms with Crippen LogP contribution in [0.25, 0.3) is 0 Å². The highest BCUT2D eigenvalue weighted by Gasteiger charge is 2.15. The molecule has 21 heavy (non-hydrogen) atoms. The molecule has 5 nitrogen and oxygen atoms in total. The summed E-state index contributed by atoms with van der Waals surface area (Å²) < 4.78 is 5.13. The molecule has 2 aromatic rings. The van der Waals surface area contributed by atoms with Crippen LogP contribution in [-0.2, 0) is 4.79 Å². The van der Waals surface area contributed by atoms with E-state index in [1.54, 1.807) is 24.3 Å². The average Bonchev–Trinajstić information content (AvgIpc) is 2.54. The van der Waals surface area contributed by atoms with Gasteiger partial charge in [-0.25, -0.2) is 0 Å². The molecule has 0 spiro atoms. The van der Waals surface area contributed by atoms with Crippen LogP contribution in [0, 0.1) is 11.3 Å². The molecule has 3 N–H and O–H groups in total. The van der Waals surface area contributed by atoms with Crippen molar-refractivity contribution in [2.45, 2.75) is 6.04 Å². The summed E-state index contributed by atoms with van der Waals surface area (Å²) in [6, 6.07) is 17.1. The number of anilines is 1. The number of ether oxygens (including phenoxy) is 1. The second-order valence-electron chi connectivity index (χ2n) is 4.35. The summed E-state index contributed by atoms with van der Waals surface area (Å²) in [6.07, 6.45) is 0. The lowest BCUT2D eigenvalue weighted by atomic mass is 10.1. The van der Waals surface area contributed by atoms with E-state index in [-0.39, 0.29) is 12.5 Å². The number of benzene rings is 2. The van der Waals surface area contributed by atoms with Crippen molar-refractivity contribution in [1.82, 2.24) is 0 Å². The van der Waals surface area contributed by atoms with Crippen molar-refractivity contribution < 1.29 is 9.53 Å². The average molecular weight is 281 g/mol. The van der Waals surface area contributed by atoms with E-state index < -0.39 is 6.04 Å². The van der Waals surface area contributed by atoms with Crippen LogP contribution in [0.5, 0.6) is 5.75 Å². The molecule has 0 saturated carbocycles. The molecule has 0 fully saturated rings. The molecule has 5 heteroatoms. The first-order valence-electron chi connectivity index (χ1n) is 6.42. The molecular weight excluding hydrogens is 266 g/mol. The maximum atomic E-state index is 12.1. The Hall–Kier alpha value is -2.84. The molecule has 0 aliphatic rings. The van der Waals surface area contributed by atoms with Crippen LogP contribution in [0.1, 0.15) is 11.6 Å². The van der Waals surface area contributed by atoms with Crippen LogP contribution in [0.15, 0.2) is 54.6 Å². The Balaban J connectivity index is 1.98. The number of rotatable bonds is 5. The van der Waals surface area contributed by atoms with Crippen LogP contribution in [0.3, 0.4) is 0 Å². The van der Waals surface area contributed by atoms with E-state index in [0.717, 1.165) is 5.56 Å². The first-order chi connectivity index (χ1) is 10.2. The van der Waals surface area contributed by atoms with Crippen molar-refractivity contribution in [1.29, 1.82) is 5.26 Å². The summed E-state index contributed by atoms with van der Waals surface area (Å²) >= 11 is 0. The number of hydrogen-bond donors (Lipinski definition) is 2. The van der Waals surface area contributed by atoms with Crippen molar-refractivity contribution in [3.8, 4) is 11.8 Å². The van der Waals surface area contributed by atoms with Gasteiger partial charge in [0.25, 0.3) is 0 Å². The number of nitrogens with one attached hydrogen (secondary N) is 1. The highest BCUT2D eigenvalue weighted by atomic mass is 16.5. The fraction of sp³-hybridized carbons (Fsp3) is 0.125. The fourth-order valence-corrected chi connectivity index (χ4v) is 1.78. The number of nitriles is 1. The zero-order chi connectivity index (χ0) is 15.1. The highest BCUT2D eigenvalue weighted by Crippen LogP contribution is 2.17. The summed E-state index contributed by atoms with van der Waals surface area (Å²) in [5.74, 6) is 0.286. The SMILES string of the molecule is N#CCOc1ccc(NC(=O)C(N)c2ccccc2)cc1. The minimum absolute atomic E-state index is 0.00934. The van der Waals surface area contributed by atoms with Gasteiger partial charge < -0.3 is 15.8 Å². The molecule has 0 bridgehead atoms. The van der Waals surface area contributed by atoms with E-state index in [1.165, 1.54) is 0 Å². The molecule has 1 amide bonds. The number of nitrogens with two attached hydrogens (primary N) is 1. The molecule has 1 unspecified atom stereocenters. The zero-order valence-corrected chi connectivity index (χ0v) is 11.3. The molecule has 0 aromatic heterocycles. The number of amides is 1. The summed E-state index contributed by atoms with van der Waals surface area (Å²) in [5.41, 5.74) is 7.28. The minimum atomic E-state index is -0.722. The Morgan fingerprint density at radius 1 is 1.19 bits per heavy atom. The Kier molecular flexibility index (Phi) is 4.91. The quantitative estimate of drug-likeness (QED) is 0.879. The van der Waals surface area contributed by atoms with Crippen LogP contribution in [-0.4, -0.2) is 12.5 Å². The van der Waals surface area contributed by atoms with Crippen LogP contribution in [0.4, 0.5) is 5.69 Å². The molecule has 106 valence electrons. The predicted molar refractivity (Wildman–Crippen MR) is 79.6 cm³/mol. The van der Waals surface area contributed by atoms with Gasteiger partial charge >= 0.3 is 0 Å². The fourth-order valence-electron chi connectivity index (χ4n) is 1.78. The molecule has 0 heterocycles. The number of carbonyl (C=O) groups excluding carboxylic acids is 1. The lowest BCUT2D eigenvalue weighted by Crippen LogP contribution is -2.27. The molecule has 0 saturated heterocycles. The highest BCUT2D eigenvalue weighted by molar-refractivity contribution is 5.95. The van der Waals surface area contributed by atoms with Gasteiger partial charge in [-0.2, -0.15) is 5.26 Å². The topological polar surface area (TPSA) is 88.1 Å². The monoisotopic (exact) mass is 281 g/mol. The maximum Gasteiger partial charge on any atom is 0.245 e. The number of carbonyl (C=O) groups is 1. The normalized spacial score (nSPS) is 11.2. The zero-order valence-electron chi connectivity index (χ0n) is 11.3. The van der Waals surface area contributed by atoms with Gasteiger partial charge in [-0.15, -0.1) is 0 Å². The minimum Gasteiger partial charge on any atom is -0.479 e. The van der Waals surface area contributed by atoms with Gasteiger partial charge in [-0.3, -0.25) is 4.79 Å². The third kappa shape index (κ3) is 4.06. The van der Waals surface area contributed by atoms with Crippen molar-refractivity contribution >= 4 is 11.6 Å². The van der Waals surface area contributed by atoms with E-state index >= 15 is 0 Å². The van der Waals surface area contributed by atoms with Gasteiger partial charge in [0, 0.05) is 5.69 Å². The van der Waals surface area contributed by atoms with E-state index in [0.29, 0.717) is 11.4 Å². The third-order valence-corrected chi connectivity index (χ3v) is 2.87. The second-order valence-corrected chi connectivity index (χ2v) is 4.35. The molecule has 1 atom stereocenters. The molecule has 0 radical (unpaired) electrons. The Bertz CT molecular complexity index is 633. The largest absolute Gasteiger partial charge is 0.479 e. The Labute approximate surface area is 123 Å². The van der Waals surface area contributed by atoms with Crippen LogP contribution in [0.2, 0.25) is 0 Å². The van der Waals surface area contributed by atoms with Crippen LogP contribution >= 0.6 is 0 Å². The second kappa shape index (κ2) is 7.08. The molecular formula is C16H15N3O2. The summed E-state index contributed by atoms with van der Waals surface area (Å²) in [7, 11) is 0. The standard InChI is InChI=1S/C16H15N3O2/c17-10-11-21-14-8-6-13(7-9-14)19-16(20)15(18)12-4-2-1-3-5-12/h1-9,15H,11,18H2,(H,19,20). The van der Waals surface area contributed by atoms with Crippen molar-refractivity contribution in [2.24, 2.45) is 5.73 Å². The van der Waals surface area contributed by atoms with Gasteiger partial charge in [0.15, 0.2) is 6.61 Å². The summed E-state index contributed by atoms with van der Waals surface area (Å²) in [6.45, 7) is -0.00934. The number of nitrogens with zero attached hydrogens (tertiary/aromatic N) is 1. The Morgan fingerprint density at radius 2 is 1.86 bits per heavy atom. The van der Waals surface area contributed by atoms with Gasteiger partial charge in [0.1, 0.15) is 17.9 Å². The van der Waals surface area contributed by atoms with E-state index in [9.17, 15) is 4.79 Å². The van der Waals surface area contributed by atoms with E-state index in [4.69, 9.17) is 15.7 Å². The number of hydrogen-bond acceptors (Lipinski definition) is 4. The van der Waals surface area contributed by atoms with Crippen LogP contribution < -0.4 is 15.8 Å². The predicted octanol–water partition coefficient (Wildman–Crippen LogP) is 2.23. The lowest BCUT2D eigenvalue weighted by molar-refractivity contribution is -0.117. The van der Waals surface area contributed by atoms with Crippen molar-refractivity contribution in [2.75, 3.05) is 11.9 Å². The molecule has 2 rings (SSSR count). The molecule has 0 aliphatic heterocycles. The van der Waals surface area contributed by atoms with Crippen molar-refractivity contribution in [3.05, 3.63) is 60.2 Å².